The molecule has 0 unspecified atom stereocenters. The van der Waals surface area contributed by atoms with Gasteiger partial charge in [0.15, 0.2) is 11.5 Å². The SMILES string of the molecule is COc1ccc2cc1Oc1cccc(c1)CO[C@H]1CN(C(=O)c3cc(CC(C)C)nn3C)C[C@@H]1NC(=O)CN(C)C2. The number of fused-ring (bicyclic) bond motifs is 5. The van der Waals surface area contributed by atoms with E-state index < -0.39 is 0 Å². The van der Waals surface area contributed by atoms with E-state index in [1.165, 1.54) is 0 Å². The third-order valence-corrected chi connectivity index (χ3v) is 7.35. The summed E-state index contributed by atoms with van der Waals surface area (Å²) in [6.45, 7) is 6.02. The van der Waals surface area contributed by atoms with Gasteiger partial charge in [-0.1, -0.05) is 32.0 Å². The molecule has 2 amide bonds. The maximum atomic E-state index is 13.6. The quantitative estimate of drug-likeness (QED) is 0.522. The molecule has 3 heterocycles. The molecule has 3 aromatic rings. The first-order valence-corrected chi connectivity index (χ1v) is 14.0. The van der Waals surface area contributed by atoms with Crippen LogP contribution in [0.25, 0.3) is 0 Å². The van der Waals surface area contributed by atoms with Gasteiger partial charge in [0, 0.05) is 26.7 Å². The number of aromatic nitrogens is 2. The van der Waals surface area contributed by atoms with Gasteiger partial charge in [0.1, 0.15) is 11.4 Å². The fourth-order valence-electron chi connectivity index (χ4n) is 5.45. The molecule has 41 heavy (non-hydrogen) atoms. The second-order valence-electron chi connectivity index (χ2n) is 11.4. The Kier molecular flexibility index (Phi) is 8.60. The van der Waals surface area contributed by atoms with Crippen molar-refractivity contribution in [3.8, 4) is 17.2 Å². The van der Waals surface area contributed by atoms with Crippen LogP contribution in [0.2, 0.25) is 0 Å². The van der Waals surface area contributed by atoms with Crippen LogP contribution in [0, 0.1) is 5.92 Å². The summed E-state index contributed by atoms with van der Waals surface area (Å²) in [6, 6.07) is 15.0. The molecule has 1 N–H and O–H groups in total. The summed E-state index contributed by atoms with van der Waals surface area (Å²) in [5.74, 6) is 2.09. The van der Waals surface area contributed by atoms with Gasteiger partial charge in [-0.3, -0.25) is 19.2 Å². The zero-order valence-electron chi connectivity index (χ0n) is 24.4. The number of amides is 2. The fraction of sp³-hybridized carbons (Fsp3) is 0.452. The monoisotopic (exact) mass is 561 g/mol. The van der Waals surface area contributed by atoms with Crippen molar-refractivity contribution in [2.75, 3.05) is 33.8 Å². The lowest BCUT2D eigenvalue weighted by molar-refractivity contribution is -0.123. The number of ether oxygens (including phenoxy) is 3. The van der Waals surface area contributed by atoms with Crippen LogP contribution in [0.4, 0.5) is 0 Å². The maximum absolute atomic E-state index is 13.6. The number of likely N-dealkylation sites (N-methyl/N-ethyl adjacent to an activating group) is 1. The standard InChI is InChI=1S/C31H39N5O5/c1-20(2)11-23-14-26(35(4)33-23)31(38)36-16-25-29(17-36)40-19-22-7-6-8-24(12-22)41-28-13-21(9-10-27(28)39-5)15-34(3)18-30(37)32-25/h6-10,12-14,20,25,29H,11,15-19H2,1-5H3,(H,32,37)/t25-,29-/m0/s1. The predicted molar refractivity (Wildman–Crippen MR) is 154 cm³/mol. The number of carbonyl (C=O) groups is 2. The molecule has 4 bridgehead atoms. The molecule has 1 saturated heterocycles. The van der Waals surface area contributed by atoms with Crippen LogP contribution in [0.5, 0.6) is 17.2 Å². The van der Waals surface area contributed by atoms with E-state index in [4.69, 9.17) is 14.2 Å². The molecule has 10 nitrogen and oxygen atoms in total. The number of nitrogens with zero attached hydrogens (tertiary/aromatic N) is 4. The summed E-state index contributed by atoms with van der Waals surface area (Å²) in [5, 5.41) is 7.68. The Bertz CT molecular complexity index is 1400. The highest BCUT2D eigenvalue weighted by atomic mass is 16.5. The van der Waals surface area contributed by atoms with Crippen LogP contribution in [-0.4, -0.2) is 77.3 Å². The number of benzene rings is 2. The molecule has 2 aliphatic rings. The molecule has 1 fully saturated rings. The Hall–Kier alpha value is -3.89. The van der Waals surface area contributed by atoms with E-state index in [9.17, 15) is 9.59 Å². The number of carbonyl (C=O) groups excluding carboxylic acids is 2. The van der Waals surface area contributed by atoms with Crippen molar-refractivity contribution in [2.45, 2.75) is 45.6 Å². The first kappa shape index (κ1) is 28.6. The molecule has 2 atom stereocenters. The third-order valence-electron chi connectivity index (χ3n) is 7.35. The predicted octanol–water partition coefficient (Wildman–Crippen LogP) is 3.39. The first-order chi connectivity index (χ1) is 19.7. The summed E-state index contributed by atoms with van der Waals surface area (Å²) in [5.41, 5.74) is 3.34. The van der Waals surface area contributed by atoms with E-state index in [1.807, 2.05) is 60.5 Å². The van der Waals surface area contributed by atoms with E-state index in [2.05, 4.69) is 24.3 Å². The van der Waals surface area contributed by atoms with Crippen molar-refractivity contribution >= 4 is 11.8 Å². The minimum absolute atomic E-state index is 0.119. The molecule has 0 spiro atoms. The van der Waals surface area contributed by atoms with E-state index in [1.54, 1.807) is 23.7 Å². The summed E-state index contributed by atoms with van der Waals surface area (Å²) < 4.78 is 19.7. The van der Waals surface area contributed by atoms with Crippen LogP contribution in [0.15, 0.2) is 48.5 Å². The molecule has 2 aromatic carbocycles. The molecular weight excluding hydrogens is 522 g/mol. The van der Waals surface area contributed by atoms with Crippen LogP contribution >= 0.6 is 0 Å². The highest BCUT2D eigenvalue weighted by Gasteiger charge is 2.38. The minimum atomic E-state index is -0.373. The van der Waals surface area contributed by atoms with Gasteiger partial charge in [0.25, 0.3) is 5.91 Å². The average molecular weight is 562 g/mol. The van der Waals surface area contributed by atoms with Gasteiger partial charge in [-0.05, 0) is 60.8 Å². The third kappa shape index (κ3) is 6.89. The molecular formula is C31H39N5O5. The van der Waals surface area contributed by atoms with Crippen LogP contribution in [0.3, 0.4) is 0 Å². The van der Waals surface area contributed by atoms with Gasteiger partial charge < -0.3 is 24.4 Å². The van der Waals surface area contributed by atoms with Gasteiger partial charge in [-0.25, -0.2) is 0 Å². The lowest BCUT2D eigenvalue weighted by Crippen LogP contribution is -2.47. The van der Waals surface area contributed by atoms with Crippen molar-refractivity contribution in [2.24, 2.45) is 13.0 Å². The van der Waals surface area contributed by atoms with Gasteiger partial charge in [0.2, 0.25) is 5.91 Å². The van der Waals surface area contributed by atoms with Crippen LogP contribution < -0.4 is 14.8 Å². The average Bonchev–Trinajstić information content (AvgIpc) is 3.48. The Morgan fingerprint density at radius 3 is 2.71 bits per heavy atom. The lowest BCUT2D eigenvalue weighted by atomic mass is 10.1. The Morgan fingerprint density at radius 2 is 1.93 bits per heavy atom. The first-order valence-electron chi connectivity index (χ1n) is 14.0. The van der Waals surface area contributed by atoms with E-state index in [-0.39, 0.29) is 30.5 Å². The number of hydrogen-bond donors (Lipinski definition) is 1. The number of methoxy groups -OCH3 is 1. The van der Waals surface area contributed by atoms with E-state index in [0.717, 1.165) is 23.2 Å². The second-order valence-corrected chi connectivity index (χ2v) is 11.4. The zero-order valence-corrected chi connectivity index (χ0v) is 24.4. The minimum Gasteiger partial charge on any atom is -0.493 e. The Labute approximate surface area is 241 Å². The number of nitrogens with one attached hydrogen (secondary N) is 1. The summed E-state index contributed by atoms with van der Waals surface area (Å²) in [7, 11) is 5.30. The van der Waals surface area contributed by atoms with Crippen molar-refractivity contribution in [3.63, 3.8) is 0 Å². The normalized spacial score (nSPS) is 20.0. The van der Waals surface area contributed by atoms with Crippen LogP contribution in [-0.2, 0) is 36.2 Å². The van der Waals surface area contributed by atoms with Gasteiger partial charge in [0.05, 0.1) is 38.1 Å². The van der Waals surface area contributed by atoms with Gasteiger partial charge >= 0.3 is 0 Å². The Morgan fingerprint density at radius 1 is 1.10 bits per heavy atom. The van der Waals surface area contributed by atoms with E-state index in [0.29, 0.717) is 55.1 Å². The highest BCUT2D eigenvalue weighted by Crippen LogP contribution is 2.33. The van der Waals surface area contributed by atoms with Gasteiger partial charge in [-0.2, -0.15) is 5.10 Å². The molecule has 10 heteroatoms. The molecule has 0 aliphatic carbocycles. The summed E-state index contributed by atoms with van der Waals surface area (Å²) in [6.07, 6.45) is 0.431. The van der Waals surface area contributed by atoms with Crippen molar-refractivity contribution in [1.29, 1.82) is 0 Å². The smallest absolute Gasteiger partial charge is 0.272 e. The molecule has 0 radical (unpaired) electrons. The number of rotatable bonds is 4. The van der Waals surface area contributed by atoms with Crippen LogP contribution in [0.1, 0.15) is 41.2 Å². The number of hydrogen-bond acceptors (Lipinski definition) is 7. The molecule has 218 valence electrons. The van der Waals surface area contributed by atoms with Crippen molar-refractivity contribution in [3.05, 3.63) is 71.0 Å². The van der Waals surface area contributed by atoms with E-state index >= 15 is 0 Å². The second kappa shape index (κ2) is 12.3. The lowest BCUT2D eigenvalue weighted by Gasteiger charge is -2.23. The fourth-order valence-corrected chi connectivity index (χ4v) is 5.45. The van der Waals surface area contributed by atoms with Gasteiger partial charge in [-0.15, -0.1) is 0 Å². The molecule has 2 aliphatic heterocycles. The number of aryl methyl sites for hydroxylation is 1. The molecule has 5 rings (SSSR count). The van der Waals surface area contributed by atoms with Crippen molar-refractivity contribution in [1.82, 2.24) is 24.9 Å². The topological polar surface area (TPSA) is 98.2 Å². The summed E-state index contributed by atoms with van der Waals surface area (Å²) >= 11 is 0. The van der Waals surface area contributed by atoms with Crippen molar-refractivity contribution < 1.29 is 23.8 Å². The summed E-state index contributed by atoms with van der Waals surface area (Å²) in [4.78, 5) is 30.4. The molecule has 0 saturated carbocycles. The maximum Gasteiger partial charge on any atom is 0.272 e. The molecule has 1 aromatic heterocycles. The largest absolute Gasteiger partial charge is 0.493 e. The highest BCUT2D eigenvalue weighted by molar-refractivity contribution is 5.93. The number of likely N-dealkylation sites (tertiary alicyclic amines) is 1. The zero-order chi connectivity index (χ0) is 29.1. The Balaban J connectivity index is 1.38.